The second-order valence-corrected chi connectivity index (χ2v) is 8.75. The maximum atomic E-state index is 12.9. The molecule has 0 spiro atoms. The summed E-state index contributed by atoms with van der Waals surface area (Å²) in [5, 5.41) is 5.41. The number of rotatable bonds is 5. The third kappa shape index (κ3) is 4.35. The Balaban J connectivity index is 1.60. The molecule has 2 heterocycles. The number of thiophene rings is 1. The van der Waals surface area contributed by atoms with Crippen molar-refractivity contribution in [3.05, 3.63) is 70.1 Å². The summed E-state index contributed by atoms with van der Waals surface area (Å²) in [6.45, 7) is 5.12. The van der Waals surface area contributed by atoms with E-state index >= 15 is 0 Å². The first-order chi connectivity index (χ1) is 15.0. The average Bonchev–Trinajstić information content (AvgIpc) is 3.18. The largest absolute Gasteiger partial charge is 0.465 e. The van der Waals surface area contributed by atoms with Gasteiger partial charge in [-0.3, -0.25) is 4.79 Å². The van der Waals surface area contributed by atoms with E-state index in [-0.39, 0.29) is 12.5 Å². The summed E-state index contributed by atoms with van der Waals surface area (Å²) in [4.78, 5) is 27.7. The summed E-state index contributed by atoms with van der Waals surface area (Å²) in [7, 11) is 1.36. The number of benzene rings is 2. The molecule has 0 unspecified atom stereocenters. The number of amides is 1. The predicted octanol–water partition coefficient (Wildman–Crippen LogP) is 5.21. The standard InChI is InChI=1S/C25H26N2O3S/c1-16-10-11-17(2)19(13-16)20-15-31-24(23(20)25(29)30-3)26-22(28)14-27-12-6-8-18-7-4-5-9-21(18)27/h4-5,7,9-11,13,15H,6,8,12,14H2,1-3H3,(H,26,28). The monoisotopic (exact) mass is 434 g/mol. The maximum absolute atomic E-state index is 12.9. The van der Waals surface area contributed by atoms with Crippen LogP contribution in [0.25, 0.3) is 11.1 Å². The molecule has 160 valence electrons. The minimum absolute atomic E-state index is 0.142. The van der Waals surface area contributed by atoms with Crippen molar-refractivity contribution in [1.29, 1.82) is 0 Å². The Bertz CT molecular complexity index is 1140. The van der Waals surface area contributed by atoms with Crippen LogP contribution in [0.5, 0.6) is 0 Å². The number of ether oxygens (including phenoxy) is 1. The Hall–Kier alpha value is -3.12. The van der Waals surface area contributed by atoms with Crippen LogP contribution in [-0.4, -0.2) is 32.1 Å². The van der Waals surface area contributed by atoms with Gasteiger partial charge in [-0.05, 0) is 49.4 Å². The highest BCUT2D eigenvalue weighted by Crippen LogP contribution is 2.38. The van der Waals surface area contributed by atoms with Crippen molar-refractivity contribution in [2.45, 2.75) is 26.7 Å². The summed E-state index contributed by atoms with van der Waals surface area (Å²) in [5.74, 6) is -0.591. The number of carbonyl (C=O) groups is 2. The van der Waals surface area contributed by atoms with Crippen LogP contribution >= 0.6 is 11.3 Å². The van der Waals surface area contributed by atoms with Gasteiger partial charge in [-0.25, -0.2) is 4.79 Å². The minimum atomic E-state index is -0.448. The van der Waals surface area contributed by atoms with E-state index < -0.39 is 5.97 Å². The molecule has 0 atom stereocenters. The molecule has 3 aromatic rings. The van der Waals surface area contributed by atoms with E-state index in [4.69, 9.17) is 4.74 Å². The van der Waals surface area contributed by atoms with Crippen molar-refractivity contribution >= 4 is 33.9 Å². The molecule has 1 aromatic heterocycles. The van der Waals surface area contributed by atoms with Gasteiger partial charge in [0.25, 0.3) is 0 Å². The average molecular weight is 435 g/mol. The number of aryl methyl sites for hydroxylation is 3. The molecule has 0 saturated heterocycles. The third-order valence-electron chi connectivity index (χ3n) is 5.66. The zero-order valence-corrected chi connectivity index (χ0v) is 18.8. The van der Waals surface area contributed by atoms with Gasteiger partial charge in [0.15, 0.2) is 0 Å². The van der Waals surface area contributed by atoms with E-state index in [0.717, 1.165) is 47.3 Å². The van der Waals surface area contributed by atoms with Crippen LogP contribution < -0.4 is 10.2 Å². The van der Waals surface area contributed by atoms with Gasteiger partial charge in [0.1, 0.15) is 10.6 Å². The molecule has 5 nitrogen and oxygen atoms in total. The quantitative estimate of drug-likeness (QED) is 0.560. The predicted molar refractivity (Wildman–Crippen MR) is 126 cm³/mol. The summed E-state index contributed by atoms with van der Waals surface area (Å²) < 4.78 is 5.05. The van der Waals surface area contributed by atoms with E-state index in [1.165, 1.54) is 24.0 Å². The zero-order valence-electron chi connectivity index (χ0n) is 18.0. The van der Waals surface area contributed by atoms with Crippen molar-refractivity contribution in [3.63, 3.8) is 0 Å². The fourth-order valence-corrected chi connectivity index (χ4v) is 5.06. The SMILES string of the molecule is COC(=O)c1c(-c2cc(C)ccc2C)csc1NC(=O)CN1CCCc2ccccc21. The normalized spacial score (nSPS) is 12.9. The molecule has 31 heavy (non-hydrogen) atoms. The number of esters is 1. The van der Waals surface area contributed by atoms with Crippen LogP contribution in [0.3, 0.4) is 0 Å². The fraction of sp³-hybridized carbons (Fsp3) is 0.280. The number of nitrogens with one attached hydrogen (secondary N) is 1. The summed E-state index contributed by atoms with van der Waals surface area (Å²) in [6.07, 6.45) is 2.05. The molecule has 1 N–H and O–H groups in total. The van der Waals surface area contributed by atoms with Crippen molar-refractivity contribution < 1.29 is 14.3 Å². The van der Waals surface area contributed by atoms with Crippen molar-refractivity contribution in [1.82, 2.24) is 0 Å². The number of hydrogen-bond acceptors (Lipinski definition) is 5. The number of anilines is 2. The van der Waals surface area contributed by atoms with Crippen molar-refractivity contribution in [3.8, 4) is 11.1 Å². The van der Waals surface area contributed by atoms with E-state index in [1.807, 2.05) is 43.5 Å². The Labute approximate surface area is 186 Å². The highest BCUT2D eigenvalue weighted by Gasteiger charge is 2.25. The Morgan fingerprint density at radius 3 is 2.74 bits per heavy atom. The Kier molecular flexibility index (Phi) is 6.09. The minimum Gasteiger partial charge on any atom is -0.465 e. The van der Waals surface area contributed by atoms with Gasteiger partial charge < -0.3 is 15.0 Å². The van der Waals surface area contributed by atoms with E-state index in [1.54, 1.807) is 0 Å². The number of para-hydroxylation sites is 1. The second kappa shape index (κ2) is 8.94. The zero-order chi connectivity index (χ0) is 22.0. The molecule has 0 bridgehead atoms. The van der Waals surface area contributed by atoms with Crippen LogP contribution in [0.15, 0.2) is 47.8 Å². The van der Waals surface area contributed by atoms with Gasteiger partial charge in [0.05, 0.1) is 13.7 Å². The highest BCUT2D eigenvalue weighted by molar-refractivity contribution is 7.15. The van der Waals surface area contributed by atoms with E-state index in [2.05, 4.69) is 28.4 Å². The summed E-state index contributed by atoms with van der Waals surface area (Å²) >= 11 is 1.35. The Morgan fingerprint density at radius 2 is 1.94 bits per heavy atom. The lowest BCUT2D eigenvalue weighted by molar-refractivity contribution is -0.115. The molecule has 0 aliphatic carbocycles. The molecule has 1 aliphatic rings. The fourth-order valence-electron chi connectivity index (χ4n) is 4.09. The molecular formula is C25H26N2O3S. The Morgan fingerprint density at radius 1 is 1.13 bits per heavy atom. The van der Waals surface area contributed by atoms with Gasteiger partial charge >= 0.3 is 5.97 Å². The smallest absolute Gasteiger partial charge is 0.341 e. The molecule has 2 aromatic carbocycles. The maximum Gasteiger partial charge on any atom is 0.341 e. The molecule has 0 saturated carbocycles. The van der Waals surface area contributed by atoms with Crippen molar-refractivity contribution in [2.24, 2.45) is 0 Å². The first kappa shape index (κ1) is 21.1. The molecule has 0 fully saturated rings. The van der Waals surface area contributed by atoms with Crippen molar-refractivity contribution in [2.75, 3.05) is 30.4 Å². The molecule has 0 radical (unpaired) electrons. The van der Waals surface area contributed by atoms with E-state index in [0.29, 0.717) is 10.6 Å². The molecule has 1 amide bonds. The number of methoxy groups -OCH3 is 1. The number of hydrogen-bond donors (Lipinski definition) is 1. The molecule has 6 heteroatoms. The number of fused-ring (bicyclic) bond motifs is 1. The molecule has 1 aliphatic heterocycles. The van der Waals surface area contributed by atoms with Gasteiger partial charge in [0.2, 0.25) is 5.91 Å². The van der Waals surface area contributed by atoms with Gasteiger partial charge in [-0.15, -0.1) is 11.3 Å². The number of carbonyl (C=O) groups excluding carboxylic acids is 2. The lowest BCUT2D eigenvalue weighted by Gasteiger charge is -2.30. The van der Waals surface area contributed by atoms with Crippen LogP contribution in [0, 0.1) is 13.8 Å². The van der Waals surface area contributed by atoms with Gasteiger partial charge in [0, 0.05) is 23.2 Å². The third-order valence-corrected chi connectivity index (χ3v) is 6.55. The molecular weight excluding hydrogens is 408 g/mol. The molecule has 4 rings (SSSR count). The lowest BCUT2D eigenvalue weighted by Crippen LogP contribution is -2.36. The first-order valence-electron chi connectivity index (χ1n) is 10.4. The van der Waals surface area contributed by atoms with Crippen LogP contribution in [0.2, 0.25) is 0 Å². The van der Waals surface area contributed by atoms with Crippen LogP contribution in [0.1, 0.15) is 33.5 Å². The topological polar surface area (TPSA) is 58.6 Å². The van der Waals surface area contributed by atoms with Crippen LogP contribution in [-0.2, 0) is 16.0 Å². The van der Waals surface area contributed by atoms with Gasteiger partial charge in [-0.2, -0.15) is 0 Å². The van der Waals surface area contributed by atoms with Gasteiger partial charge in [-0.1, -0.05) is 42.0 Å². The summed E-state index contributed by atoms with van der Waals surface area (Å²) in [5.41, 5.74) is 6.73. The van der Waals surface area contributed by atoms with E-state index in [9.17, 15) is 9.59 Å². The van der Waals surface area contributed by atoms with Crippen LogP contribution in [0.4, 0.5) is 10.7 Å². The summed E-state index contributed by atoms with van der Waals surface area (Å²) in [6, 6.07) is 14.3. The number of nitrogens with zero attached hydrogens (tertiary/aromatic N) is 1. The lowest BCUT2D eigenvalue weighted by atomic mass is 9.97. The first-order valence-corrected chi connectivity index (χ1v) is 11.3. The second-order valence-electron chi connectivity index (χ2n) is 7.87. The highest BCUT2D eigenvalue weighted by atomic mass is 32.1.